The van der Waals surface area contributed by atoms with Crippen molar-refractivity contribution < 1.29 is 24.5 Å². The first-order chi connectivity index (χ1) is 17.8. The van der Waals surface area contributed by atoms with E-state index in [1.165, 1.54) is 0 Å². The first-order valence-corrected chi connectivity index (χ1v) is 12.5. The molecule has 1 amide bonds. The van der Waals surface area contributed by atoms with Crippen LogP contribution in [0.4, 0.5) is 0 Å². The van der Waals surface area contributed by atoms with E-state index in [2.05, 4.69) is 36.6 Å². The van der Waals surface area contributed by atoms with Crippen LogP contribution in [0.1, 0.15) is 47.6 Å². The molecule has 0 saturated carbocycles. The maximum atomic E-state index is 12.7. The number of benzene rings is 3. The number of nitrogens with one attached hydrogen (secondary N) is 2. The largest absolute Gasteiger partial charge is 0.508 e. The topological polar surface area (TPSA) is 100 Å². The first-order valence-electron chi connectivity index (χ1n) is 12.5. The Labute approximate surface area is 219 Å². The molecule has 0 aliphatic rings. The molecule has 0 unspecified atom stereocenters. The number of aliphatic hydroxyl groups excluding tert-OH is 1. The smallest absolute Gasteiger partial charge is 0.224 e. The van der Waals surface area contributed by atoms with Crippen LogP contribution in [0.15, 0.2) is 60.7 Å². The molecule has 0 aromatic heterocycles. The summed E-state index contributed by atoms with van der Waals surface area (Å²) in [5, 5.41) is 25.7. The van der Waals surface area contributed by atoms with Crippen LogP contribution >= 0.6 is 0 Å². The SMILES string of the molecule is COc1cccc(OC)c1CNC(=O)Cc1cccc(C[C@@H](C)NC[C@H](C)c2ccc(O)c(CO)c2)c1. The highest BCUT2D eigenvalue weighted by Crippen LogP contribution is 2.28. The van der Waals surface area contributed by atoms with Gasteiger partial charge in [-0.25, -0.2) is 0 Å². The highest BCUT2D eigenvalue weighted by molar-refractivity contribution is 5.78. The minimum absolute atomic E-state index is 0.0683. The molecular formula is C30H38N2O5. The summed E-state index contributed by atoms with van der Waals surface area (Å²) >= 11 is 0. The molecule has 0 fully saturated rings. The molecule has 0 radical (unpaired) electrons. The summed E-state index contributed by atoms with van der Waals surface area (Å²) in [5.41, 5.74) is 4.55. The number of ether oxygens (including phenoxy) is 2. The number of hydrogen-bond acceptors (Lipinski definition) is 6. The zero-order valence-electron chi connectivity index (χ0n) is 22.1. The molecule has 0 aliphatic heterocycles. The zero-order chi connectivity index (χ0) is 26.8. The molecule has 0 bridgehead atoms. The van der Waals surface area contributed by atoms with Gasteiger partial charge in [0, 0.05) is 18.2 Å². The molecule has 0 saturated heterocycles. The summed E-state index contributed by atoms with van der Waals surface area (Å²) in [7, 11) is 3.20. The minimum atomic E-state index is -0.181. The third-order valence-electron chi connectivity index (χ3n) is 6.51. The second kappa shape index (κ2) is 13.7. The van der Waals surface area contributed by atoms with E-state index in [1.807, 2.05) is 42.5 Å². The fourth-order valence-electron chi connectivity index (χ4n) is 4.36. The summed E-state index contributed by atoms with van der Waals surface area (Å²) in [4.78, 5) is 12.7. The van der Waals surface area contributed by atoms with Crippen molar-refractivity contribution in [1.82, 2.24) is 10.6 Å². The summed E-state index contributed by atoms with van der Waals surface area (Å²) in [6, 6.07) is 19.3. The summed E-state index contributed by atoms with van der Waals surface area (Å²) in [6.45, 7) is 5.17. The number of aliphatic hydroxyl groups is 1. The van der Waals surface area contributed by atoms with E-state index in [9.17, 15) is 15.0 Å². The van der Waals surface area contributed by atoms with Crippen LogP contribution in [0.5, 0.6) is 17.2 Å². The summed E-state index contributed by atoms with van der Waals surface area (Å²) in [5.74, 6) is 1.63. The normalized spacial score (nSPS) is 12.6. The van der Waals surface area contributed by atoms with Gasteiger partial charge in [0.2, 0.25) is 5.91 Å². The second-order valence-electron chi connectivity index (χ2n) is 9.38. The van der Waals surface area contributed by atoms with Crippen molar-refractivity contribution in [2.45, 2.75) is 51.8 Å². The Morgan fingerprint density at radius 1 is 0.946 bits per heavy atom. The average Bonchev–Trinajstić information content (AvgIpc) is 2.90. The Hall–Kier alpha value is -3.55. The van der Waals surface area contributed by atoms with Crippen LogP contribution in [0, 0.1) is 0 Å². The van der Waals surface area contributed by atoms with E-state index in [0.717, 1.165) is 35.2 Å². The van der Waals surface area contributed by atoms with E-state index in [4.69, 9.17) is 9.47 Å². The van der Waals surface area contributed by atoms with Gasteiger partial charge in [-0.2, -0.15) is 0 Å². The third-order valence-corrected chi connectivity index (χ3v) is 6.51. The van der Waals surface area contributed by atoms with Gasteiger partial charge >= 0.3 is 0 Å². The highest BCUT2D eigenvalue weighted by atomic mass is 16.5. The average molecular weight is 507 g/mol. The molecule has 37 heavy (non-hydrogen) atoms. The Kier molecular flexibility index (Phi) is 10.4. The maximum absolute atomic E-state index is 12.7. The zero-order valence-corrected chi connectivity index (χ0v) is 22.1. The minimum Gasteiger partial charge on any atom is -0.508 e. The number of rotatable bonds is 13. The van der Waals surface area contributed by atoms with Crippen LogP contribution in [0.25, 0.3) is 0 Å². The van der Waals surface area contributed by atoms with E-state index in [1.54, 1.807) is 20.3 Å². The van der Waals surface area contributed by atoms with E-state index in [-0.39, 0.29) is 36.6 Å². The number of amides is 1. The standard InChI is InChI=1S/C30H38N2O5/c1-20(24-11-12-27(34)25(16-24)19-33)17-31-21(2)13-22-7-5-8-23(14-22)15-30(35)32-18-26-28(36-3)9-6-10-29(26)37-4/h5-12,14,16,20-21,31,33-34H,13,15,17-19H2,1-4H3,(H,32,35)/t20-,21+/m0/s1. The first kappa shape index (κ1) is 28.0. The number of methoxy groups -OCH3 is 2. The van der Waals surface area contributed by atoms with Gasteiger partial charge in [-0.3, -0.25) is 4.79 Å². The van der Waals surface area contributed by atoms with E-state index in [0.29, 0.717) is 23.6 Å². The highest BCUT2D eigenvalue weighted by Gasteiger charge is 2.13. The second-order valence-corrected chi connectivity index (χ2v) is 9.38. The lowest BCUT2D eigenvalue weighted by Gasteiger charge is -2.19. The number of aromatic hydroxyl groups is 1. The molecule has 198 valence electrons. The molecule has 3 rings (SSSR count). The van der Waals surface area contributed by atoms with Gasteiger partial charge in [-0.1, -0.05) is 43.3 Å². The van der Waals surface area contributed by atoms with Gasteiger partial charge in [0.05, 0.1) is 39.4 Å². The third kappa shape index (κ3) is 7.97. The van der Waals surface area contributed by atoms with Crippen molar-refractivity contribution in [3.05, 3.63) is 88.5 Å². The maximum Gasteiger partial charge on any atom is 0.224 e. The lowest BCUT2D eigenvalue weighted by atomic mass is 9.97. The fourth-order valence-corrected chi connectivity index (χ4v) is 4.36. The van der Waals surface area contributed by atoms with Crippen LogP contribution < -0.4 is 20.1 Å². The summed E-state index contributed by atoms with van der Waals surface area (Å²) in [6.07, 6.45) is 1.12. The van der Waals surface area contributed by atoms with E-state index < -0.39 is 0 Å². The van der Waals surface area contributed by atoms with Crippen LogP contribution in [0.3, 0.4) is 0 Å². The van der Waals surface area contributed by atoms with Gasteiger partial charge in [-0.05, 0) is 60.2 Å². The molecule has 2 atom stereocenters. The van der Waals surface area contributed by atoms with E-state index >= 15 is 0 Å². The number of carbonyl (C=O) groups excluding carboxylic acids is 1. The molecule has 3 aromatic carbocycles. The molecule has 7 nitrogen and oxygen atoms in total. The molecular weight excluding hydrogens is 468 g/mol. The molecule has 7 heteroatoms. The van der Waals surface area contributed by atoms with Gasteiger partial charge in [0.1, 0.15) is 17.2 Å². The Bertz CT molecular complexity index is 1160. The molecule has 3 aromatic rings. The van der Waals surface area contributed by atoms with Gasteiger partial charge < -0.3 is 30.3 Å². The number of hydrogen-bond donors (Lipinski definition) is 4. The molecule has 0 heterocycles. The predicted molar refractivity (Wildman–Crippen MR) is 145 cm³/mol. The molecule has 0 aliphatic carbocycles. The molecule has 0 spiro atoms. The Morgan fingerprint density at radius 3 is 2.30 bits per heavy atom. The van der Waals surface area contributed by atoms with Crippen LogP contribution in [0.2, 0.25) is 0 Å². The van der Waals surface area contributed by atoms with Crippen molar-refractivity contribution in [3.8, 4) is 17.2 Å². The number of phenols is 1. The van der Waals surface area contributed by atoms with Gasteiger partial charge in [0.25, 0.3) is 0 Å². The lowest BCUT2D eigenvalue weighted by molar-refractivity contribution is -0.120. The van der Waals surface area contributed by atoms with Gasteiger partial charge in [0.15, 0.2) is 0 Å². The van der Waals surface area contributed by atoms with Crippen molar-refractivity contribution >= 4 is 5.91 Å². The number of carbonyl (C=O) groups is 1. The Balaban J connectivity index is 1.51. The van der Waals surface area contributed by atoms with Crippen molar-refractivity contribution in [2.24, 2.45) is 0 Å². The Morgan fingerprint density at radius 2 is 1.62 bits per heavy atom. The van der Waals surface area contributed by atoms with Crippen molar-refractivity contribution in [2.75, 3.05) is 20.8 Å². The molecule has 4 N–H and O–H groups in total. The monoisotopic (exact) mass is 506 g/mol. The fraction of sp³-hybridized carbons (Fsp3) is 0.367. The lowest BCUT2D eigenvalue weighted by Crippen LogP contribution is -2.31. The van der Waals surface area contributed by atoms with Crippen molar-refractivity contribution in [1.29, 1.82) is 0 Å². The summed E-state index contributed by atoms with van der Waals surface area (Å²) < 4.78 is 10.8. The van der Waals surface area contributed by atoms with Crippen LogP contribution in [-0.2, 0) is 30.8 Å². The predicted octanol–water partition coefficient (Wildman–Crippen LogP) is 4.08. The van der Waals surface area contributed by atoms with Gasteiger partial charge in [-0.15, -0.1) is 0 Å². The quantitative estimate of drug-likeness (QED) is 0.279. The van der Waals surface area contributed by atoms with Crippen LogP contribution in [-0.4, -0.2) is 42.9 Å². The van der Waals surface area contributed by atoms with Crippen molar-refractivity contribution in [3.63, 3.8) is 0 Å².